The average Bonchev–Trinajstić information content (AvgIpc) is 2.29. The number of pyridine rings is 1. The van der Waals surface area contributed by atoms with Crippen LogP contribution in [0.3, 0.4) is 0 Å². The van der Waals surface area contributed by atoms with E-state index in [0.717, 1.165) is 27.7 Å². The molecule has 0 spiro atoms. The highest BCUT2D eigenvalue weighted by Crippen LogP contribution is 2.08. The van der Waals surface area contributed by atoms with E-state index in [9.17, 15) is 0 Å². The summed E-state index contributed by atoms with van der Waals surface area (Å²) in [6.07, 6.45) is 6.78. The van der Waals surface area contributed by atoms with Crippen molar-refractivity contribution in [3.8, 4) is 0 Å². The summed E-state index contributed by atoms with van der Waals surface area (Å²) in [5.74, 6) is 0. The maximum absolute atomic E-state index is 5.92. The summed E-state index contributed by atoms with van der Waals surface area (Å²) in [5, 5.41) is 3.03. The van der Waals surface area contributed by atoms with Crippen LogP contribution in [0.5, 0.6) is 0 Å². The minimum Gasteiger partial charge on any atom is -0.253 e. The van der Waals surface area contributed by atoms with Gasteiger partial charge in [0.1, 0.15) is 0 Å². The van der Waals surface area contributed by atoms with Crippen LogP contribution in [0.15, 0.2) is 23.2 Å². The van der Waals surface area contributed by atoms with Crippen LogP contribution in [-0.4, -0.2) is 4.98 Å². The third-order valence-electron chi connectivity index (χ3n) is 2.04. The molecular weight excluding hydrogens is 182 g/mol. The number of aromatic nitrogens is 1. The van der Waals surface area contributed by atoms with Crippen LogP contribution in [0.1, 0.15) is 12.1 Å². The molecule has 1 heterocycles. The maximum atomic E-state index is 5.92. The molecule has 1 aromatic rings. The fourth-order valence-electron chi connectivity index (χ4n) is 1.34. The molecule has 0 unspecified atom stereocenters. The van der Waals surface area contributed by atoms with E-state index < -0.39 is 0 Å². The number of aryl methyl sites for hydroxylation is 1. The Morgan fingerprint density at radius 3 is 3.00 bits per heavy atom. The molecule has 0 N–H and O–H groups in total. The Morgan fingerprint density at radius 2 is 2.15 bits per heavy atom. The fraction of sp³-hybridized carbons (Fsp3) is 0.182. The highest BCUT2D eigenvalue weighted by Gasteiger charge is 1.94. The van der Waals surface area contributed by atoms with Crippen molar-refractivity contribution in [3.05, 3.63) is 39.5 Å². The molecular formula is C11H10ClN. The minimum atomic E-state index is 0.801. The van der Waals surface area contributed by atoms with Gasteiger partial charge in [0.25, 0.3) is 0 Å². The summed E-state index contributed by atoms with van der Waals surface area (Å²) in [5.41, 5.74) is 1.04. The average molecular weight is 192 g/mol. The Hall–Kier alpha value is -1.08. The van der Waals surface area contributed by atoms with Crippen molar-refractivity contribution >= 4 is 23.8 Å². The quantitative estimate of drug-likeness (QED) is 0.606. The summed E-state index contributed by atoms with van der Waals surface area (Å²) >= 11 is 5.92. The number of hydrogen-bond acceptors (Lipinski definition) is 1. The predicted octanol–water partition coefficient (Wildman–Crippen LogP) is 1.48. The van der Waals surface area contributed by atoms with Crippen LogP contribution in [0.4, 0.5) is 0 Å². The van der Waals surface area contributed by atoms with Gasteiger partial charge in [-0.25, -0.2) is 0 Å². The van der Waals surface area contributed by atoms with Crippen molar-refractivity contribution in [1.82, 2.24) is 4.98 Å². The van der Waals surface area contributed by atoms with E-state index in [-0.39, 0.29) is 0 Å². The van der Waals surface area contributed by atoms with Crippen molar-refractivity contribution in [2.45, 2.75) is 13.3 Å². The third-order valence-corrected chi connectivity index (χ3v) is 2.32. The van der Waals surface area contributed by atoms with Crippen LogP contribution in [-0.2, 0) is 0 Å². The molecule has 1 aromatic heterocycles. The third kappa shape index (κ3) is 1.81. The van der Waals surface area contributed by atoms with Crippen LogP contribution in [0, 0.1) is 6.92 Å². The summed E-state index contributed by atoms with van der Waals surface area (Å²) in [6, 6.07) is 4.10. The van der Waals surface area contributed by atoms with Crippen LogP contribution < -0.4 is 10.6 Å². The number of rotatable bonds is 0. The first-order valence-electron chi connectivity index (χ1n) is 4.26. The van der Waals surface area contributed by atoms with Gasteiger partial charge in [0.05, 0.1) is 5.35 Å². The highest BCUT2D eigenvalue weighted by molar-refractivity contribution is 6.30. The summed E-state index contributed by atoms with van der Waals surface area (Å²) in [7, 11) is 0. The van der Waals surface area contributed by atoms with E-state index in [0.29, 0.717) is 0 Å². The lowest BCUT2D eigenvalue weighted by molar-refractivity contribution is 1.13. The van der Waals surface area contributed by atoms with Crippen molar-refractivity contribution < 1.29 is 0 Å². The lowest BCUT2D eigenvalue weighted by atomic mass is 10.3. The highest BCUT2D eigenvalue weighted by atomic mass is 35.5. The summed E-state index contributed by atoms with van der Waals surface area (Å²) in [4.78, 5) is 4.42. The molecule has 0 radical (unpaired) electrons. The van der Waals surface area contributed by atoms with Crippen molar-refractivity contribution in [2.24, 2.45) is 0 Å². The molecule has 0 aromatic carbocycles. The SMILES string of the molecule is Cc1ccc2c(n1)=CC=C(Cl)CC=2. The molecule has 2 heteroatoms. The predicted molar refractivity (Wildman–Crippen MR) is 55.7 cm³/mol. The first-order chi connectivity index (χ1) is 6.25. The first kappa shape index (κ1) is 8.52. The molecule has 0 fully saturated rings. The molecule has 13 heavy (non-hydrogen) atoms. The largest absolute Gasteiger partial charge is 0.253 e. The number of fused-ring (bicyclic) bond motifs is 1. The monoisotopic (exact) mass is 191 g/mol. The van der Waals surface area contributed by atoms with E-state index in [1.165, 1.54) is 0 Å². The second kappa shape index (κ2) is 3.35. The molecule has 1 nitrogen and oxygen atoms in total. The second-order valence-corrected chi connectivity index (χ2v) is 3.60. The molecule has 0 bridgehead atoms. The Labute approximate surface area is 82.1 Å². The molecule has 1 aliphatic carbocycles. The van der Waals surface area contributed by atoms with E-state index in [1.54, 1.807) is 0 Å². The van der Waals surface area contributed by atoms with E-state index >= 15 is 0 Å². The zero-order chi connectivity index (χ0) is 9.26. The van der Waals surface area contributed by atoms with Gasteiger partial charge in [-0.3, -0.25) is 4.98 Å². The summed E-state index contributed by atoms with van der Waals surface area (Å²) in [6.45, 7) is 1.99. The number of allylic oxidation sites excluding steroid dienone is 2. The lowest BCUT2D eigenvalue weighted by Crippen LogP contribution is -2.27. The van der Waals surface area contributed by atoms with Gasteiger partial charge in [-0.05, 0) is 30.4 Å². The molecule has 0 atom stereocenters. The van der Waals surface area contributed by atoms with Gasteiger partial charge in [0.2, 0.25) is 0 Å². The van der Waals surface area contributed by atoms with Gasteiger partial charge in [-0.2, -0.15) is 0 Å². The van der Waals surface area contributed by atoms with Crippen LogP contribution in [0.25, 0.3) is 12.2 Å². The number of nitrogens with zero attached hydrogens (tertiary/aromatic N) is 1. The standard InChI is InChI=1S/C11H10ClN/c1-8-2-3-9-4-5-10(12)6-7-11(9)13-8/h2-4,6-7H,5H2,1H3. The van der Waals surface area contributed by atoms with Gasteiger partial charge in [-0.1, -0.05) is 23.7 Å². The second-order valence-electron chi connectivity index (χ2n) is 3.12. The van der Waals surface area contributed by atoms with Crippen LogP contribution >= 0.6 is 11.6 Å². The number of halogens is 1. The molecule has 0 amide bonds. The van der Waals surface area contributed by atoms with Crippen LogP contribution in [0.2, 0.25) is 0 Å². The Morgan fingerprint density at radius 1 is 1.31 bits per heavy atom. The van der Waals surface area contributed by atoms with Crippen molar-refractivity contribution in [3.63, 3.8) is 0 Å². The van der Waals surface area contributed by atoms with Crippen molar-refractivity contribution in [2.75, 3.05) is 0 Å². The molecule has 0 saturated heterocycles. The topological polar surface area (TPSA) is 12.9 Å². The minimum absolute atomic E-state index is 0.801. The Balaban J connectivity index is 2.72. The van der Waals surface area contributed by atoms with Gasteiger partial charge >= 0.3 is 0 Å². The molecule has 66 valence electrons. The first-order valence-corrected chi connectivity index (χ1v) is 4.64. The van der Waals surface area contributed by atoms with Gasteiger partial charge in [0.15, 0.2) is 0 Å². The van der Waals surface area contributed by atoms with Crippen molar-refractivity contribution in [1.29, 1.82) is 0 Å². The van der Waals surface area contributed by atoms with Gasteiger partial charge < -0.3 is 0 Å². The zero-order valence-electron chi connectivity index (χ0n) is 7.42. The zero-order valence-corrected chi connectivity index (χ0v) is 8.17. The van der Waals surface area contributed by atoms with E-state index in [2.05, 4.69) is 17.1 Å². The molecule has 0 saturated carbocycles. The molecule has 2 rings (SSSR count). The summed E-state index contributed by atoms with van der Waals surface area (Å²) < 4.78 is 0. The normalized spacial score (nSPS) is 14.8. The van der Waals surface area contributed by atoms with E-state index in [4.69, 9.17) is 11.6 Å². The molecule has 0 aliphatic heterocycles. The van der Waals surface area contributed by atoms with E-state index in [1.807, 2.05) is 25.1 Å². The number of hydrogen-bond donors (Lipinski definition) is 0. The lowest BCUT2D eigenvalue weighted by Gasteiger charge is -1.91. The van der Waals surface area contributed by atoms with Gasteiger partial charge in [-0.15, -0.1) is 0 Å². The fourth-order valence-corrected chi connectivity index (χ4v) is 1.48. The Kier molecular flexibility index (Phi) is 2.19. The van der Waals surface area contributed by atoms with Gasteiger partial charge in [0, 0.05) is 17.1 Å². The Bertz CT molecular complexity index is 471. The smallest absolute Gasteiger partial charge is 0.0702 e. The maximum Gasteiger partial charge on any atom is 0.0702 e. The molecule has 1 aliphatic rings.